The molecule has 7 nitrogen and oxygen atoms in total. The SMILES string of the molecule is [B]C(Nc1cc(Cl)c2ncc(C#N)c(NC[C@@H](C)c3ccccc3)c2c1)(C1=CN(C2CC2)NN1)c1ccc(F)cc1. The van der Waals surface area contributed by atoms with Crippen molar-refractivity contribution in [2.24, 2.45) is 0 Å². The lowest BCUT2D eigenvalue weighted by molar-refractivity contribution is 0.260. The molecule has 0 amide bonds. The molecule has 1 aliphatic heterocycles. The van der Waals surface area contributed by atoms with E-state index in [0.29, 0.717) is 56.7 Å². The number of hydrogen-bond acceptors (Lipinski definition) is 7. The van der Waals surface area contributed by atoms with Gasteiger partial charge in [-0.1, -0.05) is 61.0 Å². The fourth-order valence-electron chi connectivity index (χ4n) is 5.08. The number of pyridine rings is 1. The normalized spacial score (nSPS) is 16.8. The van der Waals surface area contributed by atoms with Crippen LogP contribution in [0.5, 0.6) is 0 Å². The largest absolute Gasteiger partial charge is 0.383 e. The van der Waals surface area contributed by atoms with Crippen molar-refractivity contribution in [3.05, 3.63) is 112 Å². The minimum Gasteiger partial charge on any atom is -0.383 e. The fourth-order valence-corrected chi connectivity index (χ4v) is 5.34. The van der Waals surface area contributed by atoms with E-state index < -0.39 is 5.44 Å². The van der Waals surface area contributed by atoms with Gasteiger partial charge in [0.25, 0.3) is 0 Å². The Labute approximate surface area is 244 Å². The number of fused-ring (bicyclic) bond motifs is 1. The summed E-state index contributed by atoms with van der Waals surface area (Å²) < 4.78 is 13.9. The molecule has 1 unspecified atom stereocenters. The molecular weight excluding hydrogens is 536 g/mol. The van der Waals surface area contributed by atoms with E-state index in [0.717, 1.165) is 12.8 Å². The molecule has 10 heteroatoms. The molecule has 1 aliphatic carbocycles. The predicted molar refractivity (Wildman–Crippen MR) is 161 cm³/mol. The highest BCUT2D eigenvalue weighted by Crippen LogP contribution is 2.38. The summed E-state index contributed by atoms with van der Waals surface area (Å²) in [6.45, 7) is 2.73. The van der Waals surface area contributed by atoms with E-state index in [1.165, 1.54) is 23.9 Å². The van der Waals surface area contributed by atoms with Gasteiger partial charge in [0.2, 0.25) is 0 Å². The first kappa shape index (κ1) is 26.9. The van der Waals surface area contributed by atoms with Crippen LogP contribution in [0.2, 0.25) is 5.02 Å². The number of rotatable bonds is 9. The molecule has 2 radical (unpaired) electrons. The first-order chi connectivity index (χ1) is 19.9. The molecule has 2 aliphatic rings. The zero-order valence-corrected chi connectivity index (χ0v) is 23.2. The molecule has 1 fully saturated rings. The topological polar surface area (TPSA) is 88.0 Å². The van der Waals surface area contributed by atoms with Gasteiger partial charge in [0.1, 0.15) is 19.7 Å². The van der Waals surface area contributed by atoms with Crippen molar-refractivity contribution >= 4 is 41.7 Å². The average molecular weight is 564 g/mol. The smallest absolute Gasteiger partial charge is 0.123 e. The van der Waals surface area contributed by atoms with Crippen LogP contribution in [0.4, 0.5) is 15.8 Å². The number of halogens is 2. The molecule has 0 bridgehead atoms. The van der Waals surface area contributed by atoms with Crippen LogP contribution in [-0.4, -0.2) is 30.4 Å². The van der Waals surface area contributed by atoms with Crippen molar-refractivity contribution in [2.75, 3.05) is 17.2 Å². The Morgan fingerprint density at radius 1 is 1.20 bits per heavy atom. The van der Waals surface area contributed by atoms with Gasteiger partial charge in [-0.05, 0) is 54.2 Å². The van der Waals surface area contributed by atoms with Gasteiger partial charge in [-0.15, -0.1) is 5.53 Å². The van der Waals surface area contributed by atoms with E-state index >= 15 is 0 Å². The van der Waals surface area contributed by atoms with E-state index in [1.54, 1.807) is 18.2 Å². The van der Waals surface area contributed by atoms with Crippen LogP contribution in [0, 0.1) is 17.1 Å². The van der Waals surface area contributed by atoms with Crippen LogP contribution in [0.15, 0.2) is 84.8 Å². The molecule has 1 aromatic heterocycles. The highest BCUT2D eigenvalue weighted by atomic mass is 35.5. The Kier molecular flexibility index (Phi) is 7.20. The van der Waals surface area contributed by atoms with Crippen LogP contribution in [0.25, 0.3) is 10.9 Å². The predicted octanol–water partition coefficient (Wildman–Crippen LogP) is 5.88. The number of nitriles is 1. The number of benzene rings is 3. The molecule has 3 aromatic carbocycles. The molecule has 4 aromatic rings. The number of nitrogens with one attached hydrogen (secondary N) is 4. The molecule has 2 atom stereocenters. The summed E-state index contributed by atoms with van der Waals surface area (Å²) in [5.41, 5.74) is 9.81. The first-order valence-corrected chi connectivity index (χ1v) is 13.9. The summed E-state index contributed by atoms with van der Waals surface area (Å²) in [6, 6.07) is 22.6. The molecule has 0 spiro atoms. The lowest BCUT2D eigenvalue weighted by Crippen LogP contribution is -2.45. The quantitative estimate of drug-likeness (QED) is 0.189. The van der Waals surface area contributed by atoms with Gasteiger partial charge in [-0.3, -0.25) is 9.99 Å². The maximum absolute atomic E-state index is 13.9. The van der Waals surface area contributed by atoms with Gasteiger partial charge in [0, 0.05) is 36.1 Å². The van der Waals surface area contributed by atoms with Gasteiger partial charge in [0.05, 0.1) is 32.9 Å². The van der Waals surface area contributed by atoms with E-state index in [4.69, 9.17) is 19.4 Å². The van der Waals surface area contributed by atoms with Crippen molar-refractivity contribution in [1.29, 1.82) is 5.26 Å². The van der Waals surface area contributed by atoms with Crippen molar-refractivity contribution in [3.63, 3.8) is 0 Å². The summed E-state index contributed by atoms with van der Waals surface area (Å²) in [6.07, 6.45) is 5.65. The second-order valence-corrected chi connectivity index (χ2v) is 11.0. The van der Waals surface area contributed by atoms with Crippen LogP contribution < -0.4 is 21.6 Å². The maximum atomic E-state index is 13.9. The highest BCUT2D eigenvalue weighted by molar-refractivity contribution is 6.36. The fraction of sp³-hybridized carbons (Fsp3) is 0.226. The minimum atomic E-state index is -1.27. The molecule has 1 saturated carbocycles. The van der Waals surface area contributed by atoms with E-state index in [1.807, 2.05) is 35.5 Å². The monoisotopic (exact) mass is 563 g/mol. The summed E-state index contributed by atoms with van der Waals surface area (Å²) in [5, 5.41) is 19.9. The average Bonchev–Trinajstić information content (AvgIpc) is 3.71. The Morgan fingerprint density at radius 3 is 2.66 bits per heavy atom. The number of hydrogen-bond donors (Lipinski definition) is 4. The van der Waals surface area contributed by atoms with Crippen LogP contribution in [0.3, 0.4) is 0 Å². The second-order valence-electron chi connectivity index (χ2n) is 10.6. The summed E-state index contributed by atoms with van der Waals surface area (Å²) >= 11 is 6.76. The van der Waals surface area contributed by atoms with Crippen LogP contribution >= 0.6 is 11.6 Å². The number of hydrazine groups is 2. The molecule has 4 N–H and O–H groups in total. The van der Waals surface area contributed by atoms with Crippen molar-refractivity contribution in [3.8, 4) is 6.07 Å². The van der Waals surface area contributed by atoms with E-state index in [-0.39, 0.29) is 11.7 Å². The Hall–Kier alpha value is -4.26. The number of anilines is 2. The van der Waals surface area contributed by atoms with Gasteiger partial charge in [0.15, 0.2) is 0 Å². The maximum Gasteiger partial charge on any atom is 0.123 e. The van der Waals surface area contributed by atoms with Crippen LogP contribution in [-0.2, 0) is 5.44 Å². The van der Waals surface area contributed by atoms with Crippen molar-refractivity contribution < 1.29 is 4.39 Å². The zero-order valence-electron chi connectivity index (χ0n) is 22.5. The molecule has 2 heterocycles. The minimum absolute atomic E-state index is 0.195. The lowest BCUT2D eigenvalue weighted by atomic mass is 9.69. The molecule has 0 saturated heterocycles. The molecule has 6 rings (SSSR count). The summed E-state index contributed by atoms with van der Waals surface area (Å²) in [5.74, 6) is -0.160. The number of aromatic nitrogens is 1. The third-order valence-corrected chi connectivity index (χ3v) is 7.88. The Morgan fingerprint density at radius 2 is 1.95 bits per heavy atom. The van der Waals surface area contributed by atoms with Gasteiger partial charge >= 0.3 is 0 Å². The van der Waals surface area contributed by atoms with Crippen LogP contribution in [0.1, 0.15) is 42.4 Å². The van der Waals surface area contributed by atoms with Gasteiger partial charge < -0.3 is 16.1 Å². The summed E-state index contributed by atoms with van der Waals surface area (Å²) in [7, 11) is 7.08. The Bertz CT molecular complexity index is 1650. The third-order valence-electron chi connectivity index (χ3n) is 7.59. The second kappa shape index (κ2) is 11.0. The van der Waals surface area contributed by atoms with Crippen molar-refractivity contribution in [1.82, 2.24) is 21.0 Å². The number of nitrogens with zero attached hydrogens (tertiary/aromatic N) is 3. The molecular formula is C31H28BClFN7. The zero-order chi connectivity index (χ0) is 28.6. The third kappa shape index (κ3) is 5.41. The molecule has 41 heavy (non-hydrogen) atoms. The lowest BCUT2D eigenvalue weighted by Gasteiger charge is -2.34. The standard InChI is InChI=1S/C31H28BClFN7/c1-19(20-5-3-2-4-6-20)16-36-29-21(15-35)17-37-30-26(29)13-24(14-27(30)33)38-31(32,22-7-9-23(34)10-8-22)28-18-41(40-39-28)25-11-12-25/h2-10,13-14,17-19,25,38-40H,11-12,16H2,1H3,(H,36,37)/t19-,31?/m1/s1. The van der Waals surface area contributed by atoms with Gasteiger partial charge in [-0.2, -0.15) is 5.26 Å². The van der Waals surface area contributed by atoms with E-state index in [2.05, 4.69) is 51.7 Å². The Balaban J connectivity index is 1.39. The van der Waals surface area contributed by atoms with Gasteiger partial charge in [-0.25, -0.2) is 4.39 Å². The molecule has 204 valence electrons. The van der Waals surface area contributed by atoms with Crippen molar-refractivity contribution in [2.45, 2.75) is 37.2 Å². The highest BCUT2D eigenvalue weighted by Gasteiger charge is 2.37. The summed E-state index contributed by atoms with van der Waals surface area (Å²) in [4.78, 5) is 4.48. The first-order valence-electron chi connectivity index (χ1n) is 13.5. The van der Waals surface area contributed by atoms with E-state index in [9.17, 15) is 9.65 Å².